The molecule has 1 aromatic heterocycles. The van der Waals surface area contributed by atoms with Crippen LogP contribution < -0.4 is 5.32 Å². The highest BCUT2D eigenvalue weighted by Crippen LogP contribution is 2.16. The average molecular weight is 313 g/mol. The molecule has 1 amide bonds. The number of amides is 1. The van der Waals surface area contributed by atoms with Gasteiger partial charge in [0.15, 0.2) is 0 Å². The predicted molar refractivity (Wildman–Crippen MR) is 87.8 cm³/mol. The number of aromatic nitrogens is 2. The first kappa shape index (κ1) is 15.7. The lowest BCUT2D eigenvalue weighted by molar-refractivity contribution is -0.121. The molecule has 1 aliphatic heterocycles. The van der Waals surface area contributed by atoms with Gasteiger partial charge in [0.1, 0.15) is 0 Å². The standard InChI is InChI=1S/C18H23N3O2/c22-18(7-6-17-5-2-10-23-17)20-12-15-3-1-4-16(11-15)13-21-9-8-19-14-21/h1,3-4,8-9,11,14,17H,2,5-7,10,12-13H2,(H,20,22)/t17-/m1/s1. The van der Waals surface area contributed by atoms with Crippen LogP contribution in [0, 0.1) is 0 Å². The molecule has 1 atom stereocenters. The van der Waals surface area contributed by atoms with Crippen LogP contribution in [-0.2, 0) is 22.6 Å². The molecule has 5 heteroatoms. The van der Waals surface area contributed by atoms with Crippen molar-refractivity contribution in [3.8, 4) is 0 Å². The van der Waals surface area contributed by atoms with Gasteiger partial charge in [-0.3, -0.25) is 4.79 Å². The summed E-state index contributed by atoms with van der Waals surface area (Å²) in [5.41, 5.74) is 2.32. The van der Waals surface area contributed by atoms with E-state index in [2.05, 4.69) is 22.4 Å². The maximum atomic E-state index is 11.9. The van der Waals surface area contributed by atoms with Crippen molar-refractivity contribution >= 4 is 5.91 Å². The van der Waals surface area contributed by atoms with E-state index in [9.17, 15) is 4.79 Å². The highest BCUT2D eigenvalue weighted by Gasteiger charge is 2.16. The number of rotatable bonds is 7. The fraction of sp³-hybridized carbons (Fsp3) is 0.444. The third-order valence-electron chi connectivity index (χ3n) is 4.12. The van der Waals surface area contributed by atoms with Crippen molar-refractivity contribution in [1.82, 2.24) is 14.9 Å². The molecule has 122 valence electrons. The SMILES string of the molecule is O=C(CC[C@H]1CCCO1)NCc1cccc(Cn2ccnc2)c1. The van der Waals surface area contributed by atoms with Crippen molar-refractivity contribution in [2.24, 2.45) is 0 Å². The molecule has 1 aromatic carbocycles. The van der Waals surface area contributed by atoms with Gasteiger partial charge < -0.3 is 14.6 Å². The summed E-state index contributed by atoms with van der Waals surface area (Å²) in [7, 11) is 0. The minimum absolute atomic E-state index is 0.0977. The van der Waals surface area contributed by atoms with Crippen LogP contribution >= 0.6 is 0 Å². The van der Waals surface area contributed by atoms with E-state index in [4.69, 9.17) is 4.74 Å². The van der Waals surface area contributed by atoms with Crippen LogP contribution in [0.5, 0.6) is 0 Å². The zero-order valence-corrected chi connectivity index (χ0v) is 13.3. The lowest BCUT2D eigenvalue weighted by Gasteiger charge is -2.10. The third-order valence-corrected chi connectivity index (χ3v) is 4.12. The van der Waals surface area contributed by atoms with E-state index in [-0.39, 0.29) is 12.0 Å². The molecule has 1 N–H and O–H groups in total. The van der Waals surface area contributed by atoms with Crippen LogP contribution in [0.4, 0.5) is 0 Å². The highest BCUT2D eigenvalue weighted by atomic mass is 16.5. The van der Waals surface area contributed by atoms with E-state index in [0.29, 0.717) is 13.0 Å². The second kappa shape index (κ2) is 7.92. The topological polar surface area (TPSA) is 56.1 Å². The summed E-state index contributed by atoms with van der Waals surface area (Å²) in [6.07, 6.45) is 9.38. The summed E-state index contributed by atoms with van der Waals surface area (Å²) in [4.78, 5) is 16.0. The number of nitrogens with zero attached hydrogens (tertiary/aromatic N) is 2. The summed E-state index contributed by atoms with van der Waals surface area (Å²) < 4.78 is 7.57. The molecule has 0 unspecified atom stereocenters. The second-order valence-corrected chi connectivity index (χ2v) is 6.01. The minimum atomic E-state index is 0.0977. The lowest BCUT2D eigenvalue weighted by Crippen LogP contribution is -2.24. The van der Waals surface area contributed by atoms with Crippen LogP contribution in [0.1, 0.15) is 36.8 Å². The van der Waals surface area contributed by atoms with E-state index in [0.717, 1.165) is 38.0 Å². The second-order valence-electron chi connectivity index (χ2n) is 6.01. The number of carbonyl (C=O) groups excluding carboxylic acids is 1. The van der Waals surface area contributed by atoms with Crippen molar-refractivity contribution < 1.29 is 9.53 Å². The fourth-order valence-electron chi connectivity index (χ4n) is 2.88. The Kier molecular flexibility index (Phi) is 5.42. The number of ether oxygens (including phenoxy) is 1. The van der Waals surface area contributed by atoms with Crippen molar-refractivity contribution in [2.45, 2.75) is 44.9 Å². The van der Waals surface area contributed by atoms with Crippen LogP contribution in [0.25, 0.3) is 0 Å². The summed E-state index contributed by atoms with van der Waals surface area (Å²) in [5, 5.41) is 3.00. The molecule has 1 aliphatic rings. The predicted octanol–water partition coefficient (Wildman–Crippen LogP) is 2.51. The number of nitrogens with one attached hydrogen (secondary N) is 1. The summed E-state index contributed by atoms with van der Waals surface area (Å²) >= 11 is 0. The molecular weight excluding hydrogens is 290 g/mol. The Morgan fingerprint density at radius 3 is 3.09 bits per heavy atom. The zero-order chi connectivity index (χ0) is 15.9. The summed E-state index contributed by atoms with van der Waals surface area (Å²) in [6, 6.07) is 8.28. The van der Waals surface area contributed by atoms with Crippen molar-refractivity contribution in [3.63, 3.8) is 0 Å². The molecule has 2 heterocycles. The van der Waals surface area contributed by atoms with E-state index < -0.39 is 0 Å². The van der Waals surface area contributed by atoms with Crippen LogP contribution in [0.3, 0.4) is 0 Å². The molecule has 0 spiro atoms. The third kappa shape index (κ3) is 4.93. The van der Waals surface area contributed by atoms with Crippen molar-refractivity contribution in [2.75, 3.05) is 6.61 Å². The van der Waals surface area contributed by atoms with Crippen molar-refractivity contribution in [3.05, 3.63) is 54.1 Å². The van der Waals surface area contributed by atoms with Crippen LogP contribution in [0.2, 0.25) is 0 Å². The number of carbonyl (C=O) groups is 1. The van der Waals surface area contributed by atoms with Gasteiger partial charge in [0.2, 0.25) is 5.91 Å². The quantitative estimate of drug-likeness (QED) is 0.854. The Balaban J connectivity index is 1.44. The molecule has 5 nitrogen and oxygen atoms in total. The van der Waals surface area contributed by atoms with E-state index >= 15 is 0 Å². The highest BCUT2D eigenvalue weighted by molar-refractivity contribution is 5.75. The molecular formula is C18H23N3O2. The smallest absolute Gasteiger partial charge is 0.220 e. The van der Waals surface area contributed by atoms with Crippen molar-refractivity contribution in [1.29, 1.82) is 0 Å². The molecule has 1 saturated heterocycles. The maximum Gasteiger partial charge on any atom is 0.220 e. The molecule has 2 aromatic rings. The van der Waals surface area contributed by atoms with E-state index in [1.807, 2.05) is 22.9 Å². The van der Waals surface area contributed by atoms with Gasteiger partial charge in [0.05, 0.1) is 12.4 Å². The Bertz CT molecular complexity index is 619. The largest absolute Gasteiger partial charge is 0.378 e. The molecule has 23 heavy (non-hydrogen) atoms. The molecule has 1 fully saturated rings. The average Bonchev–Trinajstić information content (AvgIpc) is 3.25. The van der Waals surface area contributed by atoms with E-state index in [1.54, 1.807) is 12.5 Å². The normalized spacial score (nSPS) is 17.3. The molecule has 0 radical (unpaired) electrons. The number of hydrogen-bond donors (Lipinski definition) is 1. The van der Waals surface area contributed by atoms with Gasteiger partial charge in [0, 0.05) is 38.5 Å². The fourth-order valence-corrected chi connectivity index (χ4v) is 2.88. The Hall–Kier alpha value is -2.14. The van der Waals surface area contributed by atoms with Gasteiger partial charge in [-0.1, -0.05) is 24.3 Å². The first-order valence-electron chi connectivity index (χ1n) is 8.21. The monoisotopic (exact) mass is 313 g/mol. The number of benzene rings is 1. The first-order valence-corrected chi connectivity index (χ1v) is 8.21. The molecule has 0 bridgehead atoms. The van der Waals surface area contributed by atoms with Crippen LogP contribution in [0.15, 0.2) is 43.0 Å². The van der Waals surface area contributed by atoms with Gasteiger partial charge in [-0.05, 0) is 30.4 Å². The van der Waals surface area contributed by atoms with Gasteiger partial charge in [0.25, 0.3) is 0 Å². The van der Waals surface area contributed by atoms with Gasteiger partial charge in [-0.25, -0.2) is 4.98 Å². The minimum Gasteiger partial charge on any atom is -0.378 e. The Morgan fingerprint density at radius 2 is 2.30 bits per heavy atom. The van der Waals surface area contributed by atoms with E-state index in [1.165, 1.54) is 5.56 Å². The Labute approximate surface area is 136 Å². The maximum absolute atomic E-state index is 11.9. The summed E-state index contributed by atoms with van der Waals surface area (Å²) in [6.45, 7) is 2.21. The van der Waals surface area contributed by atoms with Crippen LogP contribution in [-0.4, -0.2) is 28.2 Å². The zero-order valence-electron chi connectivity index (χ0n) is 13.3. The van der Waals surface area contributed by atoms with Gasteiger partial charge >= 0.3 is 0 Å². The summed E-state index contributed by atoms with van der Waals surface area (Å²) in [5.74, 6) is 0.0977. The number of imidazole rings is 1. The molecule has 0 aliphatic carbocycles. The van der Waals surface area contributed by atoms with Gasteiger partial charge in [-0.15, -0.1) is 0 Å². The Morgan fingerprint density at radius 1 is 1.39 bits per heavy atom. The molecule has 3 rings (SSSR count). The van der Waals surface area contributed by atoms with Gasteiger partial charge in [-0.2, -0.15) is 0 Å². The lowest BCUT2D eigenvalue weighted by atomic mass is 10.1. The number of hydrogen-bond acceptors (Lipinski definition) is 3. The molecule has 0 saturated carbocycles. The first-order chi connectivity index (χ1) is 11.3.